The molecule has 0 aromatic heterocycles. The second-order valence-electron chi connectivity index (χ2n) is 6.58. The lowest BCUT2D eigenvalue weighted by Gasteiger charge is -2.07. The maximum Gasteiger partial charge on any atom is 0.341 e. The van der Waals surface area contributed by atoms with E-state index in [9.17, 15) is 19.7 Å². The molecule has 0 bridgehead atoms. The molecule has 0 radical (unpaired) electrons. The number of Topliss-reactive ketones (excluding diaryl/α,β-unsaturated/α-hetero) is 1. The molecule has 0 heterocycles. The summed E-state index contributed by atoms with van der Waals surface area (Å²) >= 11 is 0. The summed E-state index contributed by atoms with van der Waals surface area (Å²) < 4.78 is 5.20. The van der Waals surface area contributed by atoms with Gasteiger partial charge in [-0.05, 0) is 25.0 Å². The van der Waals surface area contributed by atoms with Crippen molar-refractivity contribution in [1.82, 2.24) is 0 Å². The Labute approximate surface area is 160 Å². The summed E-state index contributed by atoms with van der Waals surface area (Å²) in [6, 6.07) is 5.77. The number of non-ortho nitro benzene ring substituents is 1. The van der Waals surface area contributed by atoms with E-state index in [2.05, 4.69) is 6.92 Å². The highest BCUT2D eigenvalue weighted by Gasteiger charge is 2.16. The summed E-state index contributed by atoms with van der Waals surface area (Å²) in [4.78, 5) is 34.2. The lowest BCUT2D eigenvalue weighted by Crippen LogP contribution is -2.14. The fourth-order valence-corrected chi connectivity index (χ4v) is 2.68. The number of nitro benzene ring substituents is 1. The van der Waals surface area contributed by atoms with E-state index in [0.29, 0.717) is 5.56 Å². The molecule has 6 nitrogen and oxygen atoms in total. The number of unbranched alkanes of at least 4 members (excludes halogenated alkanes) is 7. The van der Waals surface area contributed by atoms with Crippen molar-refractivity contribution in [1.29, 1.82) is 0 Å². The molecule has 6 heteroatoms. The Balaban J connectivity index is 2.48. The van der Waals surface area contributed by atoms with Gasteiger partial charge in [0.25, 0.3) is 5.69 Å². The SMILES string of the molecule is CCCCCCCCCCOC(=O)C(=Cc1cccc([N+](=O)[O-])c1)C(C)=O. The van der Waals surface area contributed by atoms with Gasteiger partial charge >= 0.3 is 5.97 Å². The second-order valence-corrected chi connectivity index (χ2v) is 6.58. The number of nitro groups is 1. The molecule has 0 spiro atoms. The molecule has 0 saturated carbocycles. The summed E-state index contributed by atoms with van der Waals surface area (Å²) in [5, 5.41) is 10.8. The number of benzene rings is 1. The molecule has 0 N–H and O–H groups in total. The van der Waals surface area contributed by atoms with Crippen LogP contribution in [0.4, 0.5) is 5.69 Å². The molecule has 0 aliphatic carbocycles. The zero-order chi connectivity index (χ0) is 20.1. The summed E-state index contributed by atoms with van der Waals surface area (Å²) in [5.41, 5.74) is 0.215. The van der Waals surface area contributed by atoms with Gasteiger partial charge in [-0.1, -0.05) is 64.0 Å². The van der Waals surface area contributed by atoms with Crippen molar-refractivity contribution in [3.63, 3.8) is 0 Å². The molecule has 0 amide bonds. The number of ether oxygens (including phenoxy) is 1. The van der Waals surface area contributed by atoms with E-state index in [-0.39, 0.29) is 17.9 Å². The topological polar surface area (TPSA) is 86.5 Å². The third-order valence-corrected chi connectivity index (χ3v) is 4.22. The predicted molar refractivity (Wildman–Crippen MR) is 105 cm³/mol. The van der Waals surface area contributed by atoms with E-state index < -0.39 is 16.7 Å². The van der Waals surface area contributed by atoms with E-state index in [1.165, 1.54) is 63.3 Å². The second kappa shape index (κ2) is 12.8. The van der Waals surface area contributed by atoms with Gasteiger partial charge in [-0.15, -0.1) is 0 Å². The molecule has 0 aliphatic rings. The first-order valence-corrected chi connectivity index (χ1v) is 9.60. The molecule has 0 unspecified atom stereocenters. The third-order valence-electron chi connectivity index (χ3n) is 4.22. The van der Waals surface area contributed by atoms with Crippen LogP contribution >= 0.6 is 0 Å². The molecular weight excluding hydrogens is 346 g/mol. The van der Waals surface area contributed by atoms with Crippen LogP contribution < -0.4 is 0 Å². The minimum Gasteiger partial charge on any atom is -0.462 e. The maximum atomic E-state index is 12.2. The van der Waals surface area contributed by atoms with Gasteiger partial charge < -0.3 is 4.74 Å². The number of nitrogens with zero attached hydrogens (tertiary/aromatic N) is 1. The van der Waals surface area contributed by atoms with Crippen LogP contribution in [0.2, 0.25) is 0 Å². The third kappa shape index (κ3) is 9.13. The summed E-state index contributed by atoms with van der Waals surface area (Å²) in [6.45, 7) is 3.74. The molecule has 1 rings (SSSR count). The van der Waals surface area contributed by atoms with Gasteiger partial charge in [0.2, 0.25) is 0 Å². The van der Waals surface area contributed by atoms with Gasteiger partial charge in [0, 0.05) is 12.1 Å². The molecule has 0 atom stereocenters. The van der Waals surface area contributed by atoms with Crippen LogP contribution in [0.25, 0.3) is 6.08 Å². The standard InChI is InChI=1S/C21H29NO5/c1-3-4-5-6-7-8-9-10-14-27-21(24)20(17(2)23)16-18-12-11-13-19(15-18)22(25)26/h11-13,15-16H,3-10,14H2,1-2H3. The minimum absolute atomic E-state index is 0.0982. The van der Waals surface area contributed by atoms with Crippen LogP contribution in [0.1, 0.15) is 70.8 Å². The Morgan fingerprint density at radius 3 is 2.30 bits per heavy atom. The van der Waals surface area contributed by atoms with Crippen molar-refractivity contribution in [2.75, 3.05) is 6.61 Å². The molecule has 1 aromatic carbocycles. The first-order chi connectivity index (χ1) is 13.0. The molecule has 27 heavy (non-hydrogen) atoms. The van der Waals surface area contributed by atoms with Crippen molar-refractivity contribution in [3.8, 4) is 0 Å². The van der Waals surface area contributed by atoms with E-state index in [4.69, 9.17) is 4.74 Å². The number of carbonyl (C=O) groups excluding carboxylic acids is 2. The number of esters is 1. The lowest BCUT2D eigenvalue weighted by atomic mass is 10.1. The molecule has 0 fully saturated rings. The fourth-order valence-electron chi connectivity index (χ4n) is 2.68. The Bertz CT molecular complexity index is 666. The normalized spacial score (nSPS) is 11.3. The van der Waals surface area contributed by atoms with Crippen molar-refractivity contribution in [3.05, 3.63) is 45.5 Å². The average molecular weight is 375 g/mol. The van der Waals surface area contributed by atoms with Crippen molar-refractivity contribution in [2.45, 2.75) is 65.2 Å². The highest BCUT2D eigenvalue weighted by Crippen LogP contribution is 2.17. The Morgan fingerprint density at radius 1 is 1.07 bits per heavy atom. The smallest absolute Gasteiger partial charge is 0.341 e. The molecule has 0 aliphatic heterocycles. The van der Waals surface area contributed by atoms with Crippen LogP contribution in [0.5, 0.6) is 0 Å². The van der Waals surface area contributed by atoms with Crippen LogP contribution in [0.15, 0.2) is 29.8 Å². The summed E-state index contributed by atoms with van der Waals surface area (Å²) in [6.07, 6.45) is 10.4. The van der Waals surface area contributed by atoms with Gasteiger partial charge in [-0.25, -0.2) is 4.79 Å². The first kappa shape index (κ1) is 22.5. The molecule has 1 aromatic rings. The van der Waals surface area contributed by atoms with Crippen LogP contribution in [-0.2, 0) is 14.3 Å². The van der Waals surface area contributed by atoms with Crippen LogP contribution in [0.3, 0.4) is 0 Å². The summed E-state index contributed by atoms with van der Waals surface area (Å²) in [7, 11) is 0. The van der Waals surface area contributed by atoms with Crippen molar-refractivity contribution < 1.29 is 19.2 Å². The van der Waals surface area contributed by atoms with Crippen molar-refractivity contribution >= 4 is 23.5 Å². The van der Waals surface area contributed by atoms with E-state index >= 15 is 0 Å². The average Bonchev–Trinajstić information content (AvgIpc) is 2.64. The lowest BCUT2D eigenvalue weighted by molar-refractivity contribution is -0.384. The molecule has 0 saturated heterocycles. The zero-order valence-electron chi connectivity index (χ0n) is 16.2. The summed E-state index contributed by atoms with van der Waals surface area (Å²) in [5.74, 6) is -1.11. The molecular formula is C21H29NO5. The number of carbonyl (C=O) groups is 2. The van der Waals surface area contributed by atoms with E-state index in [1.54, 1.807) is 6.07 Å². The van der Waals surface area contributed by atoms with Crippen LogP contribution in [-0.4, -0.2) is 23.3 Å². The van der Waals surface area contributed by atoms with E-state index in [1.807, 2.05) is 0 Å². The van der Waals surface area contributed by atoms with Gasteiger partial charge in [-0.3, -0.25) is 14.9 Å². The van der Waals surface area contributed by atoms with Gasteiger partial charge in [0.1, 0.15) is 5.57 Å². The zero-order valence-corrected chi connectivity index (χ0v) is 16.2. The predicted octanol–water partition coefficient (Wildman–Crippen LogP) is 5.25. The largest absolute Gasteiger partial charge is 0.462 e. The van der Waals surface area contributed by atoms with Crippen molar-refractivity contribution in [2.24, 2.45) is 0 Å². The highest BCUT2D eigenvalue weighted by molar-refractivity contribution is 6.19. The van der Waals surface area contributed by atoms with Gasteiger partial charge in [-0.2, -0.15) is 0 Å². The fraction of sp³-hybridized carbons (Fsp3) is 0.524. The number of ketones is 1. The number of rotatable bonds is 13. The quantitative estimate of drug-likeness (QED) is 0.0893. The van der Waals surface area contributed by atoms with Gasteiger partial charge in [0.15, 0.2) is 5.78 Å². The Kier molecular flexibility index (Phi) is 10.7. The van der Waals surface area contributed by atoms with Gasteiger partial charge in [0.05, 0.1) is 11.5 Å². The maximum absolute atomic E-state index is 12.2. The number of hydrogen-bond acceptors (Lipinski definition) is 5. The minimum atomic E-state index is -0.683. The molecule has 148 valence electrons. The Morgan fingerprint density at radius 2 is 1.70 bits per heavy atom. The highest BCUT2D eigenvalue weighted by atomic mass is 16.6. The van der Waals surface area contributed by atoms with E-state index in [0.717, 1.165) is 19.3 Å². The van der Waals surface area contributed by atoms with Crippen LogP contribution in [0, 0.1) is 10.1 Å². The first-order valence-electron chi connectivity index (χ1n) is 9.60. The number of hydrogen-bond donors (Lipinski definition) is 0. The Hall–Kier alpha value is -2.50. The monoisotopic (exact) mass is 375 g/mol.